The maximum atomic E-state index is 11.2. The molecule has 0 spiro atoms. The minimum absolute atomic E-state index is 0.00630. The van der Waals surface area contributed by atoms with Crippen LogP contribution in [0.5, 0.6) is 0 Å². The first kappa shape index (κ1) is 14.1. The van der Waals surface area contributed by atoms with Gasteiger partial charge in [0.25, 0.3) is 10.2 Å². The lowest BCUT2D eigenvalue weighted by molar-refractivity contribution is 0.314. The molecule has 0 aromatic heterocycles. The molecular weight excluding hydrogens is 220 g/mol. The molecule has 0 aliphatic heterocycles. The van der Waals surface area contributed by atoms with Crippen LogP contribution < -0.4 is 15.2 Å². The summed E-state index contributed by atoms with van der Waals surface area (Å²) in [5.41, 5.74) is 5.29. The van der Waals surface area contributed by atoms with Gasteiger partial charge in [0.05, 0.1) is 0 Å². The number of nitrogens with one attached hydrogen (secondary N) is 2. The summed E-state index contributed by atoms with van der Waals surface area (Å²) >= 11 is 0. The molecule has 0 fully saturated rings. The van der Waals surface area contributed by atoms with Gasteiger partial charge in [-0.25, -0.2) is 9.44 Å². The third-order valence-corrected chi connectivity index (χ3v) is 2.87. The van der Waals surface area contributed by atoms with Gasteiger partial charge in [0, 0.05) is 19.0 Å². The average molecular weight is 238 g/mol. The molecule has 15 heavy (non-hydrogen) atoms. The van der Waals surface area contributed by atoms with Gasteiger partial charge in [0.1, 0.15) is 5.84 Å². The fourth-order valence-corrected chi connectivity index (χ4v) is 1.77. The minimum atomic E-state index is -3.47. The molecule has 1 unspecified atom stereocenters. The van der Waals surface area contributed by atoms with E-state index in [0.717, 1.165) is 6.42 Å². The standard InChI is InChI=1S/C7H18N4O3S/c1-3-4-9-15(13,14)10-5-6(2)7(8)11-12/h6,9-10,12H,3-5H2,1-2H3,(H2,8,11). The molecule has 0 aromatic rings. The lowest BCUT2D eigenvalue weighted by Crippen LogP contribution is -2.41. The highest BCUT2D eigenvalue weighted by Crippen LogP contribution is 1.93. The van der Waals surface area contributed by atoms with Gasteiger partial charge in [-0.1, -0.05) is 19.0 Å². The molecule has 8 heteroatoms. The van der Waals surface area contributed by atoms with Crippen LogP contribution in [0.2, 0.25) is 0 Å². The zero-order valence-corrected chi connectivity index (χ0v) is 9.71. The van der Waals surface area contributed by atoms with Gasteiger partial charge in [0.15, 0.2) is 0 Å². The predicted octanol–water partition coefficient (Wildman–Crippen LogP) is -0.797. The Morgan fingerprint density at radius 3 is 2.60 bits per heavy atom. The lowest BCUT2D eigenvalue weighted by Gasteiger charge is -2.11. The number of nitrogens with two attached hydrogens (primary N) is 1. The van der Waals surface area contributed by atoms with Gasteiger partial charge in [-0.15, -0.1) is 0 Å². The Kier molecular flexibility index (Phi) is 6.21. The van der Waals surface area contributed by atoms with Crippen molar-refractivity contribution in [3.8, 4) is 0 Å². The smallest absolute Gasteiger partial charge is 0.276 e. The van der Waals surface area contributed by atoms with Crippen molar-refractivity contribution >= 4 is 16.0 Å². The maximum absolute atomic E-state index is 11.2. The van der Waals surface area contributed by atoms with Crippen molar-refractivity contribution in [3.05, 3.63) is 0 Å². The molecule has 0 rings (SSSR count). The molecule has 7 nitrogen and oxygen atoms in total. The van der Waals surface area contributed by atoms with Crippen LogP contribution in [0.25, 0.3) is 0 Å². The van der Waals surface area contributed by atoms with Crippen LogP contribution in [0.4, 0.5) is 0 Å². The van der Waals surface area contributed by atoms with Gasteiger partial charge < -0.3 is 10.9 Å². The Balaban J connectivity index is 4.04. The van der Waals surface area contributed by atoms with Crippen LogP contribution in [0, 0.1) is 5.92 Å². The Bertz CT molecular complexity index is 301. The van der Waals surface area contributed by atoms with E-state index in [-0.39, 0.29) is 18.3 Å². The Morgan fingerprint density at radius 1 is 1.53 bits per heavy atom. The van der Waals surface area contributed by atoms with E-state index in [9.17, 15) is 8.42 Å². The second kappa shape index (κ2) is 6.59. The molecule has 0 aliphatic rings. The molecule has 0 heterocycles. The molecule has 0 bridgehead atoms. The molecule has 90 valence electrons. The van der Waals surface area contributed by atoms with E-state index in [1.807, 2.05) is 6.92 Å². The number of hydrogen-bond donors (Lipinski definition) is 4. The maximum Gasteiger partial charge on any atom is 0.276 e. The number of hydrogen-bond acceptors (Lipinski definition) is 4. The Labute approximate surface area is 89.9 Å². The number of oxime groups is 1. The fourth-order valence-electron chi connectivity index (χ4n) is 0.725. The van der Waals surface area contributed by atoms with Crippen LogP contribution in [0.1, 0.15) is 20.3 Å². The molecule has 0 saturated carbocycles. The predicted molar refractivity (Wildman–Crippen MR) is 57.8 cm³/mol. The molecule has 0 saturated heterocycles. The van der Waals surface area contributed by atoms with Crippen molar-refractivity contribution in [2.24, 2.45) is 16.8 Å². The van der Waals surface area contributed by atoms with Gasteiger partial charge in [-0.2, -0.15) is 8.42 Å². The number of amidine groups is 1. The molecule has 0 radical (unpaired) electrons. The second-order valence-electron chi connectivity index (χ2n) is 3.17. The Morgan fingerprint density at radius 2 is 2.13 bits per heavy atom. The van der Waals surface area contributed by atoms with Gasteiger partial charge in [-0.05, 0) is 6.42 Å². The molecule has 5 N–H and O–H groups in total. The summed E-state index contributed by atoms with van der Waals surface area (Å²) in [6.07, 6.45) is 0.719. The molecule has 1 atom stereocenters. The summed E-state index contributed by atoms with van der Waals surface area (Å²) in [5.74, 6) is -0.360. The van der Waals surface area contributed by atoms with Crippen molar-refractivity contribution in [1.29, 1.82) is 0 Å². The zero-order chi connectivity index (χ0) is 11.9. The quantitative estimate of drug-likeness (QED) is 0.201. The largest absolute Gasteiger partial charge is 0.409 e. The zero-order valence-electron chi connectivity index (χ0n) is 8.90. The molecule has 0 amide bonds. The number of rotatable bonds is 7. The second-order valence-corrected chi connectivity index (χ2v) is 4.76. The van der Waals surface area contributed by atoms with E-state index in [4.69, 9.17) is 10.9 Å². The molecule has 0 aliphatic carbocycles. The average Bonchev–Trinajstić information content (AvgIpc) is 2.22. The topological polar surface area (TPSA) is 117 Å². The third-order valence-electron chi connectivity index (χ3n) is 1.74. The van der Waals surface area contributed by atoms with Crippen molar-refractivity contribution in [2.45, 2.75) is 20.3 Å². The van der Waals surface area contributed by atoms with Crippen molar-refractivity contribution in [2.75, 3.05) is 13.1 Å². The first-order chi connectivity index (χ1) is 6.93. The van der Waals surface area contributed by atoms with Gasteiger partial charge >= 0.3 is 0 Å². The summed E-state index contributed by atoms with van der Waals surface area (Å²) in [6, 6.07) is 0. The van der Waals surface area contributed by atoms with Crippen molar-refractivity contribution in [1.82, 2.24) is 9.44 Å². The highest BCUT2D eigenvalue weighted by molar-refractivity contribution is 7.87. The monoisotopic (exact) mass is 238 g/mol. The first-order valence-corrected chi connectivity index (χ1v) is 6.13. The minimum Gasteiger partial charge on any atom is -0.409 e. The summed E-state index contributed by atoms with van der Waals surface area (Å²) in [7, 11) is -3.47. The van der Waals surface area contributed by atoms with Crippen molar-refractivity contribution < 1.29 is 13.6 Å². The van der Waals surface area contributed by atoms with E-state index >= 15 is 0 Å². The molecule has 0 aromatic carbocycles. The van der Waals surface area contributed by atoms with E-state index in [1.165, 1.54) is 0 Å². The van der Waals surface area contributed by atoms with E-state index in [1.54, 1.807) is 6.92 Å². The van der Waals surface area contributed by atoms with Crippen LogP contribution in [-0.4, -0.2) is 32.6 Å². The summed E-state index contributed by atoms with van der Waals surface area (Å²) < 4.78 is 27.1. The molecular formula is C7H18N4O3S. The summed E-state index contributed by atoms with van der Waals surface area (Å²) in [5, 5.41) is 11.1. The van der Waals surface area contributed by atoms with E-state index in [2.05, 4.69) is 14.6 Å². The van der Waals surface area contributed by atoms with E-state index < -0.39 is 10.2 Å². The highest BCUT2D eigenvalue weighted by atomic mass is 32.2. The SMILES string of the molecule is CCCNS(=O)(=O)NCC(C)C(N)=NO. The van der Waals surface area contributed by atoms with Crippen LogP contribution in [-0.2, 0) is 10.2 Å². The summed E-state index contributed by atoms with van der Waals surface area (Å²) in [4.78, 5) is 0. The Hall–Kier alpha value is -0.860. The number of nitrogens with zero attached hydrogens (tertiary/aromatic N) is 1. The van der Waals surface area contributed by atoms with Crippen molar-refractivity contribution in [3.63, 3.8) is 0 Å². The third kappa shape index (κ3) is 6.26. The lowest BCUT2D eigenvalue weighted by atomic mass is 10.2. The fraction of sp³-hybridized carbons (Fsp3) is 0.857. The summed E-state index contributed by atoms with van der Waals surface area (Å²) in [6.45, 7) is 3.99. The normalized spacial score (nSPS) is 15.2. The van der Waals surface area contributed by atoms with Crippen LogP contribution in [0.3, 0.4) is 0 Å². The van der Waals surface area contributed by atoms with Crippen LogP contribution in [0.15, 0.2) is 5.16 Å². The van der Waals surface area contributed by atoms with Crippen LogP contribution >= 0.6 is 0 Å². The van der Waals surface area contributed by atoms with Gasteiger partial charge in [-0.3, -0.25) is 0 Å². The highest BCUT2D eigenvalue weighted by Gasteiger charge is 2.13. The van der Waals surface area contributed by atoms with Gasteiger partial charge in [0.2, 0.25) is 0 Å². The van der Waals surface area contributed by atoms with E-state index in [0.29, 0.717) is 6.54 Å². The first-order valence-electron chi connectivity index (χ1n) is 4.64.